The van der Waals surface area contributed by atoms with E-state index in [1.807, 2.05) is 13.8 Å². The molecule has 0 fully saturated rings. The Bertz CT molecular complexity index is 520. The maximum Gasteiger partial charge on any atom is 0.311 e. The highest BCUT2D eigenvalue weighted by Gasteiger charge is 2.24. The molecule has 0 aliphatic carbocycles. The number of hydrogen-bond acceptors (Lipinski definition) is 4. The lowest BCUT2D eigenvalue weighted by molar-refractivity contribution is -0.385. The summed E-state index contributed by atoms with van der Waals surface area (Å²) in [5.41, 5.74) is -0.0875. The van der Waals surface area contributed by atoms with E-state index < -0.39 is 10.8 Å². The molecule has 0 aliphatic heterocycles. The van der Waals surface area contributed by atoms with Crippen LogP contribution < -0.4 is 10.1 Å². The standard InChI is InChI=1S/C14H19ClN2O4/c1-9(2)11(7-8-15)16-14(18)10-5-4-6-12(17(19)20)13(10)21-3/h4-6,9,11H,7-8H2,1-3H3,(H,16,18). The van der Waals surface area contributed by atoms with Gasteiger partial charge in [0.2, 0.25) is 5.75 Å². The van der Waals surface area contributed by atoms with Crippen molar-refractivity contribution in [2.24, 2.45) is 5.92 Å². The summed E-state index contributed by atoms with van der Waals surface area (Å²) < 4.78 is 5.03. The first-order chi connectivity index (χ1) is 9.92. The highest BCUT2D eigenvalue weighted by molar-refractivity contribution is 6.17. The molecule has 21 heavy (non-hydrogen) atoms. The molecule has 116 valence electrons. The molecule has 1 N–H and O–H groups in total. The number of benzene rings is 1. The topological polar surface area (TPSA) is 81.5 Å². The molecular weight excluding hydrogens is 296 g/mol. The van der Waals surface area contributed by atoms with Gasteiger partial charge in [0.15, 0.2) is 0 Å². The Morgan fingerprint density at radius 3 is 2.62 bits per heavy atom. The second-order valence-corrected chi connectivity index (χ2v) is 5.29. The Hall–Kier alpha value is -1.82. The van der Waals surface area contributed by atoms with E-state index in [2.05, 4.69) is 5.32 Å². The SMILES string of the molecule is COc1c(C(=O)NC(CCCl)C(C)C)cccc1[N+](=O)[O-]. The molecule has 1 aromatic rings. The number of carbonyl (C=O) groups excluding carboxylic acids is 1. The number of hydrogen-bond donors (Lipinski definition) is 1. The van der Waals surface area contributed by atoms with E-state index in [9.17, 15) is 14.9 Å². The molecule has 0 radical (unpaired) electrons. The predicted molar refractivity (Wildman–Crippen MR) is 81.1 cm³/mol. The summed E-state index contributed by atoms with van der Waals surface area (Å²) in [6.07, 6.45) is 0.627. The average Bonchev–Trinajstić information content (AvgIpc) is 2.45. The van der Waals surface area contributed by atoms with Crippen molar-refractivity contribution in [2.75, 3.05) is 13.0 Å². The van der Waals surface area contributed by atoms with Gasteiger partial charge in [0.25, 0.3) is 5.91 Å². The summed E-state index contributed by atoms with van der Waals surface area (Å²) in [4.78, 5) is 22.7. The van der Waals surface area contributed by atoms with Gasteiger partial charge in [-0.1, -0.05) is 19.9 Å². The van der Waals surface area contributed by atoms with Crippen LogP contribution in [0.4, 0.5) is 5.69 Å². The van der Waals surface area contributed by atoms with Crippen LogP contribution in [0.3, 0.4) is 0 Å². The third kappa shape index (κ3) is 4.32. The monoisotopic (exact) mass is 314 g/mol. The van der Waals surface area contributed by atoms with Gasteiger partial charge in [0.05, 0.1) is 17.6 Å². The third-order valence-electron chi connectivity index (χ3n) is 3.18. The quantitative estimate of drug-likeness (QED) is 0.476. The number of ether oxygens (including phenoxy) is 1. The molecule has 1 rings (SSSR count). The van der Waals surface area contributed by atoms with Gasteiger partial charge < -0.3 is 10.1 Å². The van der Waals surface area contributed by atoms with E-state index in [0.717, 1.165) is 0 Å². The van der Waals surface area contributed by atoms with Crippen LogP contribution in [0.2, 0.25) is 0 Å². The third-order valence-corrected chi connectivity index (χ3v) is 3.40. The molecular formula is C14H19ClN2O4. The molecule has 0 heterocycles. The number of carbonyl (C=O) groups is 1. The molecule has 0 saturated heterocycles. The summed E-state index contributed by atoms with van der Waals surface area (Å²) in [5, 5.41) is 13.8. The van der Waals surface area contributed by atoms with Crippen molar-refractivity contribution in [3.05, 3.63) is 33.9 Å². The number of methoxy groups -OCH3 is 1. The van der Waals surface area contributed by atoms with Gasteiger partial charge >= 0.3 is 5.69 Å². The van der Waals surface area contributed by atoms with Gasteiger partial charge in [-0.2, -0.15) is 0 Å². The molecule has 0 aromatic heterocycles. The molecule has 0 saturated carbocycles. The second-order valence-electron chi connectivity index (χ2n) is 4.92. The van der Waals surface area contributed by atoms with Crippen molar-refractivity contribution >= 4 is 23.2 Å². The maximum absolute atomic E-state index is 12.3. The minimum absolute atomic E-state index is 0.0339. The van der Waals surface area contributed by atoms with E-state index in [-0.39, 0.29) is 29.0 Å². The molecule has 0 aliphatic rings. The number of nitrogens with zero attached hydrogens (tertiary/aromatic N) is 1. The van der Waals surface area contributed by atoms with Crippen LogP contribution in [0.1, 0.15) is 30.6 Å². The Morgan fingerprint density at radius 2 is 2.14 bits per heavy atom. The van der Waals surface area contributed by atoms with Crippen LogP contribution in [-0.2, 0) is 0 Å². The van der Waals surface area contributed by atoms with Gasteiger partial charge in [-0.05, 0) is 18.4 Å². The summed E-state index contributed by atoms with van der Waals surface area (Å²) in [6.45, 7) is 3.95. The number of nitro benzene ring substituents is 1. The lowest BCUT2D eigenvalue weighted by Gasteiger charge is -2.22. The fourth-order valence-corrected chi connectivity index (χ4v) is 2.23. The van der Waals surface area contributed by atoms with Crippen molar-refractivity contribution in [1.29, 1.82) is 0 Å². The van der Waals surface area contributed by atoms with Gasteiger partial charge in [-0.25, -0.2) is 0 Å². The van der Waals surface area contributed by atoms with Gasteiger partial charge in [0, 0.05) is 18.0 Å². The Kier molecular flexibility index (Phi) is 6.42. The zero-order chi connectivity index (χ0) is 16.0. The number of nitro groups is 1. The molecule has 0 spiro atoms. The van der Waals surface area contributed by atoms with Crippen LogP contribution in [0.25, 0.3) is 0 Å². The van der Waals surface area contributed by atoms with E-state index >= 15 is 0 Å². The number of para-hydroxylation sites is 1. The summed E-state index contributed by atoms with van der Waals surface area (Å²) in [7, 11) is 1.30. The lowest BCUT2D eigenvalue weighted by atomic mass is 10.0. The van der Waals surface area contributed by atoms with E-state index in [1.165, 1.54) is 25.3 Å². The van der Waals surface area contributed by atoms with Crippen LogP contribution in [-0.4, -0.2) is 29.9 Å². The van der Waals surface area contributed by atoms with Crippen molar-refractivity contribution in [3.8, 4) is 5.75 Å². The van der Waals surface area contributed by atoms with E-state index in [4.69, 9.17) is 16.3 Å². The summed E-state index contributed by atoms with van der Waals surface area (Å²) in [6, 6.07) is 4.16. The molecule has 1 atom stereocenters. The van der Waals surface area contributed by atoms with Gasteiger partial charge in [-0.3, -0.25) is 14.9 Å². The number of amides is 1. The first-order valence-electron chi connectivity index (χ1n) is 6.60. The molecule has 0 bridgehead atoms. The normalized spacial score (nSPS) is 12.0. The van der Waals surface area contributed by atoms with Crippen molar-refractivity contribution in [3.63, 3.8) is 0 Å². The Labute approximate surface area is 128 Å². The average molecular weight is 315 g/mol. The first kappa shape index (κ1) is 17.2. The first-order valence-corrected chi connectivity index (χ1v) is 7.14. The molecule has 6 nitrogen and oxygen atoms in total. The van der Waals surface area contributed by atoms with Crippen LogP contribution >= 0.6 is 11.6 Å². The minimum Gasteiger partial charge on any atom is -0.490 e. The summed E-state index contributed by atoms with van der Waals surface area (Å²) in [5.74, 6) is 0.194. The van der Waals surface area contributed by atoms with E-state index in [1.54, 1.807) is 0 Å². The Morgan fingerprint density at radius 1 is 1.48 bits per heavy atom. The van der Waals surface area contributed by atoms with Crippen molar-refractivity contribution in [2.45, 2.75) is 26.3 Å². The fraction of sp³-hybridized carbons (Fsp3) is 0.500. The van der Waals surface area contributed by atoms with Gasteiger partial charge in [-0.15, -0.1) is 11.6 Å². The summed E-state index contributed by atoms with van der Waals surface area (Å²) >= 11 is 5.73. The van der Waals surface area contributed by atoms with Crippen molar-refractivity contribution < 1.29 is 14.5 Å². The second kappa shape index (κ2) is 7.83. The van der Waals surface area contributed by atoms with E-state index in [0.29, 0.717) is 12.3 Å². The zero-order valence-corrected chi connectivity index (χ0v) is 13.0. The highest BCUT2D eigenvalue weighted by atomic mass is 35.5. The maximum atomic E-state index is 12.3. The zero-order valence-electron chi connectivity index (χ0n) is 12.3. The van der Waals surface area contributed by atoms with Crippen LogP contribution in [0.15, 0.2) is 18.2 Å². The molecule has 1 unspecified atom stereocenters. The molecule has 1 aromatic carbocycles. The van der Waals surface area contributed by atoms with Crippen LogP contribution in [0, 0.1) is 16.0 Å². The number of alkyl halides is 1. The number of nitrogens with one attached hydrogen (secondary N) is 1. The molecule has 7 heteroatoms. The van der Waals surface area contributed by atoms with Crippen molar-refractivity contribution in [1.82, 2.24) is 5.32 Å². The lowest BCUT2D eigenvalue weighted by Crippen LogP contribution is -2.39. The number of rotatable bonds is 7. The Balaban J connectivity index is 3.07. The largest absolute Gasteiger partial charge is 0.490 e. The highest BCUT2D eigenvalue weighted by Crippen LogP contribution is 2.30. The minimum atomic E-state index is -0.575. The number of halogens is 1. The van der Waals surface area contributed by atoms with Crippen LogP contribution in [0.5, 0.6) is 5.75 Å². The molecule has 1 amide bonds. The predicted octanol–water partition coefficient (Wildman–Crippen LogP) is 2.99. The fourth-order valence-electron chi connectivity index (χ4n) is 2.00. The van der Waals surface area contributed by atoms with Gasteiger partial charge in [0.1, 0.15) is 0 Å². The smallest absolute Gasteiger partial charge is 0.311 e.